The standard InChI is InChI=1S/C20H23N3O4/c24-15-9-7-14(8-10-15)19(25)21-11-12-22-20(26)23-17-5-3-13-27-18-6-2-1-4-16(17)18/h1-2,4,6-10,17,24H,3,5,11-13H2,(H,21,25)(H2,22,23,26)/t17-/m1/s1. The molecule has 0 bridgehead atoms. The van der Waals surface area contributed by atoms with Gasteiger partial charge in [0.15, 0.2) is 0 Å². The predicted octanol–water partition coefficient (Wildman–Crippen LogP) is 2.34. The maximum atomic E-state index is 12.2. The number of phenols is 1. The monoisotopic (exact) mass is 369 g/mol. The maximum absolute atomic E-state index is 12.2. The molecule has 0 unspecified atom stereocenters. The lowest BCUT2D eigenvalue weighted by molar-refractivity contribution is 0.0954. The zero-order valence-electron chi connectivity index (χ0n) is 14.9. The topological polar surface area (TPSA) is 99.7 Å². The van der Waals surface area contributed by atoms with Crippen molar-refractivity contribution in [3.63, 3.8) is 0 Å². The van der Waals surface area contributed by atoms with Crippen LogP contribution < -0.4 is 20.7 Å². The fourth-order valence-corrected chi connectivity index (χ4v) is 2.95. The van der Waals surface area contributed by atoms with Gasteiger partial charge in [-0.15, -0.1) is 0 Å². The van der Waals surface area contributed by atoms with E-state index in [9.17, 15) is 14.7 Å². The Morgan fingerprint density at radius 1 is 1.04 bits per heavy atom. The summed E-state index contributed by atoms with van der Waals surface area (Å²) in [5.41, 5.74) is 1.43. The third-order valence-corrected chi connectivity index (χ3v) is 4.32. The number of phenolic OH excluding ortho intramolecular Hbond substituents is 1. The van der Waals surface area contributed by atoms with Gasteiger partial charge < -0.3 is 25.8 Å². The highest BCUT2D eigenvalue weighted by molar-refractivity contribution is 5.94. The summed E-state index contributed by atoms with van der Waals surface area (Å²) in [6, 6.07) is 13.3. The molecular formula is C20H23N3O4. The number of rotatable bonds is 5. The third kappa shape index (κ3) is 5.13. The average Bonchev–Trinajstić information content (AvgIpc) is 2.88. The van der Waals surface area contributed by atoms with Gasteiger partial charge in [-0.25, -0.2) is 4.79 Å². The molecule has 0 spiro atoms. The van der Waals surface area contributed by atoms with E-state index in [1.165, 1.54) is 24.3 Å². The highest BCUT2D eigenvalue weighted by atomic mass is 16.5. The van der Waals surface area contributed by atoms with Crippen LogP contribution in [0.4, 0.5) is 4.79 Å². The number of aromatic hydroxyl groups is 1. The lowest BCUT2D eigenvalue weighted by Crippen LogP contribution is -2.41. The van der Waals surface area contributed by atoms with Gasteiger partial charge in [0.25, 0.3) is 5.91 Å². The molecule has 1 atom stereocenters. The lowest BCUT2D eigenvalue weighted by Gasteiger charge is -2.18. The van der Waals surface area contributed by atoms with Gasteiger partial charge in [-0.1, -0.05) is 18.2 Å². The Balaban J connectivity index is 1.43. The molecular weight excluding hydrogens is 346 g/mol. The van der Waals surface area contributed by atoms with Gasteiger partial charge in [0.1, 0.15) is 11.5 Å². The van der Waals surface area contributed by atoms with Gasteiger partial charge in [-0.3, -0.25) is 4.79 Å². The summed E-state index contributed by atoms with van der Waals surface area (Å²) in [6.07, 6.45) is 1.67. The van der Waals surface area contributed by atoms with Crippen LogP contribution in [0.3, 0.4) is 0 Å². The van der Waals surface area contributed by atoms with Crippen molar-refractivity contribution in [3.8, 4) is 11.5 Å². The summed E-state index contributed by atoms with van der Waals surface area (Å²) in [4.78, 5) is 24.1. The second-order valence-corrected chi connectivity index (χ2v) is 6.28. The van der Waals surface area contributed by atoms with E-state index < -0.39 is 0 Å². The van der Waals surface area contributed by atoms with E-state index >= 15 is 0 Å². The molecule has 0 saturated carbocycles. The Labute approximate surface area is 157 Å². The number of carbonyl (C=O) groups is 2. The third-order valence-electron chi connectivity index (χ3n) is 4.32. The Kier molecular flexibility index (Phi) is 6.14. The first-order valence-corrected chi connectivity index (χ1v) is 8.97. The van der Waals surface area contributed by atoms with E-state index in [4.69, 9.17) is 4.74 Å². The summed E-state index contributed by atoms with van der Waals surface area (Å²) >= 11 is 0. The SMILES string of the molecule is O=C(NCCNC(=O)c1ccc(O)cc1)N[C@@H]1CCCOc2ccccc21. The van der Waals surface area contributed by atoms with E-state index in [0.29, 0.717) is 25.3 Å². The lowest BCUT2D eigenvalue weighted by atomic mass is 10.0. The molecule has 1 aliphatic heterocycles. The van der Waals surface area contributed by atoms with Crippen molar-refractivity contribution in [1.82, 2.24) is 16.0 Å². The first-order valence-electron chi connectivity index (χ1n) is 8.97. The van der Waals surface area contributed by atoms with E-state index in [1.807, 2.05) is 24.3 Å². The Morgan fingerprint density at radius 2 is 1.78 bits per heavy atom. The van der Waals surface area contributed by atoms with Crippen LogP contribution in [0.1, 0.15) is 34.8 Å². The number of hydrogen-bond donors (Lipinski definition) is 4. The van der Waals surface area contributed by atoms with Gasteiger partial charge in [0, 0.05) is 24.2 Å². The molecule has 1 heterocycles. The Morgan fingerprint density at radius 3 is 2.59 bits per heavy atom. The van der Waals surface area contributed by atoms with Crippen molar-refractivity contribution in [2.24, 2.45) is 0 Å². The summed E-state index contributed by atoms with van der Waals surface area (Å²) in [6.45, 7) is 1.25. The van der Waals surface area contributed by atoms with Gasteiger partial charge >= 0.3 is 6.03 Å². The number of ether oxygens (including phenoxy) is 1. The normalized spacial score (nSPS) is 15.6. The van der Waals surface area contributed by atoms with Crippen LogP contribution in [-0.4, -0.2) is 36.7 Å². The quantitative estimate of drug-likeness (QED) is 0.608. The summed E-state index contributed by atoms with van der Waals surface area (Å²) in [5.74, 6) is 0.656. The maximum Gasteiger partial charge on any atom is 0.315 e. The fourth-order valence-electron chi connectivity index (χ4n) is 2.95. The zero-order chi connectivity index (χ0) is 19.1. The number of hydrogen-bond acceptors (Lipinski definition) is 4. The molecule has 1 aliphatic rings. The smallest absolute Gasteiger partial charge is 0.315 e. The molecule has 2 aromatic rings. The number of para-hydroxylation sites is 1. The zero-order valence-corrected chi connectivity index (χ0v) is 14.9. The molecule has 142 valence electrons. The van der Waals surface area contributed by atoms with E-state index in [2.05, 4.69) is 16.0 Å². The predicted molar refractivity (Wildman–Crippen MR) is 101 cm³/mol. The highest BCUT2D eigenvalue weighted by Gasteiger charge is 2.20. The number of benzene rings is 2. The van der Waals surface area contributed by atoms with E-state index in [-0.39, 0.29) is 23.7 Å². The molecule has 0 aromatic heterocycles. The van der Waals surface area contributed by atoms with Gasteiger partial charge in [0.2, 0.25) is 0 Å². The summed E-state index contributed by atoms with van der Waals surface area (Å²) in [7, 11) is 0. The van der Waals surface area contributed by atoms with Crippen LogP contribution >= 0.6 is 0 Å². The van der Waals surface area contributed by atoms with Crippen LogP contribution in [0.2, 0.25) is 0 Å². The van der Waals surface area contributed by atoms with Crippen LogP contribution in [-0.2, 0) is 0 Å². The molecule has 2 aromatic carbocycles. The van der Waals surface area contributed by atoms with Crippen LogP contribution in [0, 0.1) is 0 Å². The second-order valence-electron chi connectivity index (χ2n) is 6.28. The van der Waals surface area contributed by atoms with Crippen LogP contribution in [0.25, 0.3) is 0 Å². The molecule has 3 amide bonds. The minimum Gasteiger partial charge on any atom is -0.508 e. The molecule has 3 rings (SSSR count). The average molecular weight is 369 g/mol. The molecule has 7 nitrogen and oxygen atoms in total. The first kappa shape index (κ1) is 18.6. The number of carbonyl (C=O) groups excluding carboxylic acids is 2. The molecule has 7 heteroatoms. The molecule has 0 fully saturated rings. The molecule has 0 aliphatic carbocycles. The van der Waals surface area contributed by atoms with Crippen molar-refractivity contribution in [2.75, 3.05) is 19.7 Å². The molecule has 27 heavy (non-hydrogen) atoms. The van der Waals surface area contributed by atoms with Crippen molar-refractivity contribution in [2.45, 2.75) is 18.9 Å². The van der Waals surface area contributed by atoms with Gasteiger partial charge in [-0.05, 0) is 43.2 Å². The minimum absolute atomic E-state index is 0.102. The summed E-state index contributed by atoms with van der Waals surface area (Å²) in [5, 5.41) is 17.7. The van der Waals surface area contributed by atoms with E-state index in [1.54, 1.807) is 0 Å². The van der Waals surface area contributed by atoms with Gasteiger partial charge in [0.05, 0.1) is 12.6 Å². The Hall–Kier alpha value is -3.22. The second kappa shape index (κ2) is 8.93. The van der Waals surface area contributed by atoms with Crippen molar-refractivity contribution in [3.05, 3.63) is 59.7 Å². The number of urea groups is 1. The molecule has 4 N–H and O–H groups in total. The molecule has 0 saturated heterocycles. The van der Waals surface area contributed by atoms with Crippen molar-refractivity contribution < 1.29 is 19.4 Å². The molecule has 0 radical (unpaired) electrons. The Bertz CT molecular complexity index is 792. The number of fused-ring (bicyclic) bond motifs is 1. The fraction of sp³-hybridized carbons (Fsp3) is 0.300. The minimum atomic E-state index is -0.282. The number of nitrogens with one attached hydrogen (secondary N) is 3. The van der Waals surface area contributed by atoms with Crippen molar-refractivity contribution >= 4 is 11.9 Å². The largest absolute Gasteiger partial charge is 0.508 e. The summed E-state index contributed by atoms with van der Waals surface area (Å²) < 4.78 is 5.70. The van der Waals surface area contributed by atoms with Crippen molar-refractivity contribution in [1.29, 1.82) is 0 Å². The number of amides is 3. The van der Waals surface area contributed by atoms with Gasteiger partial charge in [-0.2, -0.15) is 0 Å². The van der Waals surface area contributed by atoms with Crippen LogP contribution in [0.15, 0.2) is 48.5 Å². The highest BCUT2D eigenvalue weighted by Crippen LogP contribution is 2.30. The van der Waals surface area contributed by atoms with Crippen LogP contribution in [0.5, 0.6) is 11.5 Å². The van der Waals surface area contributed by atoms with E-state index in [0.717, 1.165) is 24.2 Å². The first-order chi connectivity index (χ1) is 13.1.